The third kappa shape index (κ3) is 3.54. The van der Waals surface area contributed by atoms with Crippen molar-refractivity contribution in [3.63, 3.8) is 0 Å². The Morgan fingerprint density at radius 3 is 2.52 bits per heavy atom. The molecule has 0 atom stereocenters. The van der Waals surface area contributed by atoms with Crippen LogP contribution in [0.5, 0.6) is 11.5 Å². The largest absolute Gasteiger partial charge is 0.493 e. The summed E-state index contributed by atoms with van der Waals surface area (Å²) < 4.78 is 11.3. The first-order valence-corrected chi connectivity index (χ1v) is 9.24. The first-order chi connectivity index (χ1) is 13.1. The van der Waals surface area contributed by atoms with Gasteiger partial charge < -0.3 is 19.5 Å². The molecule has 1 aliphatic carbocycles. The molecular weight excluding hydrogens is 346 g/mol. The van der Waals surface area contributed by atoms with Crippen molar-refractivity contribution < 1.29 is 19.4 Å². The highest BCUT2D eigenvalue weighted by atomic mass is 16.5. The van der Waals surface area contributed by atoms with E-state index in [1.54, 1.807) is 25.6 Å². The van der Waals surface area contributed by atoms with Crippen molar-refractivity contribution in [1.82, 2.24) is 9.97 Å². The zero-order chi connectivity index (χ0) is 18.9. The highest BCUT2D eigenvalue weighted by molar-refractivity contribution is 5.78. The van der Waals surface area contributed by atoms with E-state index >= 15 is 0 Å². The van der Waals surface area contributed by atoms with E-state index in [9.17, 15) is 9.90 Å². The molecule has 1 aromatic heterocycles. The van der Waals surface area contributed by atoms with Crippen molar-refractivity contribution in [2.24, 2.45) is 0 Å². The molecule has 2 heterocycles. The molecule has 0 radical (unpaired) electrons. The average Bonchev–Trinajstić information content (AvgIpc) is 3.54. The molecular formula is C20H23N3O4. The summed E-state index contributed by atoms with van der Waals surface area (Å²) in [5.41, 5.74) is -0.183. The number of carbonyl (C=O) groups is 1. The summed E-state index contributed by atoms with van der Waals surface area (Å²) in [6, 6.07) is 9.17. The molecule has 0 unspecified atom stereocenters. The molecule has 2 aliphatic rings. The maximum absolute atomic E-state index is 12.1. The van der Waals surface area contributed by atoms with Gasteiger partial charge in [0.25, 0.3) is 0 Å². The fraction of sp³-hybridized carbons (Fsp3) is 0.450. The Bertz CT molecular complexity index is 829. The fourth-order valence-corrected chi connectivity index (χ4v) is 3.51. The Morgan fingerprint density at radius 1 is 1.19 bits per heavy atom. The number of carboxylic acids is 1. The summed E-state index contributed by atoms with van der Waals surface area (Å²) in [6.07, 6.45) is 4.70. The van der Waals surface area contributed by atoms with E-state index in [1.165, 1.54) is 12.8 Å². The molecule has 2 aromatic rings. The molecule has 2 fully saturated rings. The van der Waals surface area contributed by atoms with Crippen LogP contribution in [0.2, 0.25) is 0 Å². The van der Waals surface area contributed by atoms with Gasteiger partial charge in [0.05, 0.1) is 7.11 Å². The Labute approximate surface area is 158 Å². The number of anilines is 1. The first kappa shape index (κ1) is 17.6. The van der Waals surface area contributed by atoms with Crippen LogP contribution in [0.15, 0.2) is 36.7 Å². The van der Waals surface area contributed by atoms with Gasteiger partial charge in [-0.1, -0.05) is 12.1 Å². The second-order valence-electron chi connectivity index (χ2n) is 7.11. The van der Waals surface area contributed by atoms with Crippen LogP contribution in [-0.2, 0) is 4.79 Å². The van der Waals surface area contributed by atoms with E-state index in [2.05, 4.69) is 14.9 Å². The summed E-state index contributed by atoms with van der Waals surface area (Å²) >= 11 is 0. The standard InChI is InChI=1S/C20H23N3O4/c1-26-16-4-2-3-5-17(16)27-20(19(24)25)8-10-23(11-9-20)18-12-15(14-6-7-14)21-13-22-18/h2-5,12-14H,6-11H2,1H3,(H,24,25). The lowest BCUT2D eigenvalue weighted by molar-refractivity contribution is -0.157. The van der Waals surface area contributed by atoms with Gasteiger partial charge in [-0.05, 0) is 25.0 Å². The van der Waals surface area contributed by atoms with Crippen LogP contribution >= 0.6 is 0 Å². The maximum atomic E-state index is 12.1. The number of hydrogen-bond acceptors (Lipinski definition) is 6. The van der Waals surface area contributed by atoms with Gasteiger partial charge in [-0.15, -0.1) is 0 Å². The summed E-state index contributed by atoms with van der Waals surface area (Å²) in [7, 11) is 1.55. The Balaban J connectivity index is 1.50. The smallest absolute Gasteiger partial charge is 0.348 e. The van der Waals surface area contributed by atoms with Gasteiger partial charge >= 0.3 is 5.97 Å². The lowest BCUT2D eigenvalue weighted by Crippen LogP contribution is -2.53. The molecule has 0 spiro atoms. The van der Waals surface area contributed by atoms with Crippen molar-refractivity contribution in [1.29, 1.82) is 0 Å². The van der Waals surface area contributed by atoms with Crippen molar-refractivity contribution in [2.75, 3.05) is 25.1 Å². The first-order valence-electron chi connectivity index (χ1n) is 9.24. The normalized spacial score (nSPS) is 18.8. The minimum absolute atomic E-state index is 0.364. The zero-order valence-corrected chi connectivity index (χ0v) is 15.3. The number of nitrogens with zero attached hydrogens (tertiary/aromatic N) is 3. The number of rotatable bonds is 6. The van der Waals surface area contributed by atoms with Crippen molar-refractivity contribution in [3.8, 4) is 11.5 Å². The van der Waals surface area contributed by atoms with E-state index < -0.39 is 11.6 Å². The number of aliphatic carboxylic acids is 1. The Hall–Kier alpha value is -2.83. The lowest BCUT2D eigenvalue weighted by atomic mass is 9.91. The van der Waals surface area contributed by atoms with Gasteiger partial charge in [0.2, 0.25) is 5.60 Å². The van der Waals surface area contributed by atoms with Crippen LogP contribution in [0, 0.1) is 0 Å². The number of piperidine rings is 1. The predicted octanol–water partition coefficient (Wildman–Crippen LogP) is 2.87. The van der Waals surface area contributed by atoms with Crippen LogP contribution in [0.4, 0.5) is 5.82 Å². The molecule has 0 bridgehead atoms. The van der Waals surface area contributed by atoms with Gasteiger partial charge in [0, 0.05) is 43.6 Å². The molecule has 7 nitrogen and oxygen atoms in total. The SMILES string of the molecule is COc1ccccc1OC1(C(=O)O)CCN(c2cc(C3CC3)ncn2)CC1. The molecule has 27 heavy (non-hydrogen) atoms. The van der Waals surface area contributed by atoms with E-state index in [1.807, 2.05) is 18.2 Å². The Kier molecular flexibility index (Phi) is 4.59. The van der Waals surface area contributed by atoms with E-state index in [0.29, 0.717) is 43.3 Å². The van der Waals surface area contributed by atoms with Gasteiger partial charge in [0.15, 0.2) is 11.5 Å². The molecule has 1 saturated heterocycles. The number of hydrogen-bond donors (Lipinski definition) is 1. The van der Waals surface area contributed by atoms with Gasteiger partial charge in [-0.3, -0.25) is 0 Å². The van der Waals surface area contributed by atoms with Crippen LogP contribution in [0.1, 0.15) is 37.3 Å². The maximum Gasteiger partial charge on any atom is 0.348 e. The minimum Gasteiger partial charge on any atom is -0.493 e. The molecule has 7 heteroatoms. The zero-order valence-electron chi connectivity index (χ0n) is 15.3. The molecule has 1 saturated carbocycles. The summed E-state index contributed by atoms with van der Waals surface area (Å²) in [5.74, 6) is 1.46. The summed E-state index contributed by atoms with van der Waals surface area (Å²) in [6.45, 7) is 1.12. The summed E-state index contributed by atoms with van der Waals surface area (Å²) in [5, 5.41) is 9.89. The summed E-state index contributed by atoms with van der Waals surface area (Å²) in [4.78, 5) is 22.9. The predicted molar refractivity (Wildman–Crippen MR) is 99.4 cm³/mol. The number of carboxylic acid groups (broad SMARTS) is 1. The third-order valence-electron chi connectivity index (χ3n) is 5.33. The second-order valence-corrected chi connectivity index (χ2v) is 7.11. The number of methoxy groups -OCH3 is 1. The van der Waals surface area contributed by atoms with Crippen LogP contribution in [0.3, 0.4) is 0 Å². The van der Waals surface area contributed by atoms with E-state index in [0.717, 1.165) is 11.5 Å². The molecule has 0 amide bonds. The van der Waals surface area contributed by atoms with Gasteiger partial charge in [-0.25, -0.2) is 14.8 Å². The van der Waals surface area contributed by atoms with Crippen LogP contribution < -0.4 is 14.4 Å². The lowest BCUT2D eigenvalue weighted by Gasteiger charge is -2.39. The molecule has 1 aliphatic heterocycles. The number of ether oxygens (including phenoxy) is 2. The molecule has 4 rings (SSSR count). The van der Waals surface area contributed by atoms with Gasteiger partial charge in [0.1, 0.15) is 12.1 Å². The van der Waals surface area contributed by atoms with E-state index in [-0.39, 0.29) is 0 Å². The highest BCUT2D eigenvalue weighted by Gasteiger charge is 2.45. The van der Waals surface area contributed by atoms with Crippen molar-refractivity contribution >= 4 is 11.8 Å². The monoisotopic (exact) mass is 369 g/mol. The quantitative estimate of drug-likeness (QED) is 0.838. The van der Waals surface area contributed by atoms with Crippen molar-refractivity contribution in [3.05, 3.63) is 42.4 Å². The minimum atomic E-state index is -1.27. The van der Waals surface area contributed by atoms with Crippen LogP contribution in [0.25, 0.3) is 0 Å². The topological polar surface area (TPSA) is 84.8 Å². The van der Waals surface area contributed by atoms with E-state index in [4.69, 9.17) is 9.47 Å². The molecule has 1 N–H and O–H groups in total. The number of benzene rings is 1. The number of aromatic nitrogens is 2. The fourth-order valence-electron chi connectivity index (χ4n) is 3.51. The van der Waals surface area contributed by atoms with Crippen LogP contribution in [-0.4, -0.2) is 46.8 Å². The molecule has 142 valence electrons. The molecule has 1 aromatic carbocycles. The Morgan fingerprint density at radius 2 is 1.89 bits per heavy atom. The second kappa shape index (κ2) is 7.06. The highest BCUT2D eigenvalue weighted by Crippen LogP contribution is 2.40. The van der Waals surface area contributed by atoms with Gasteiger partial charge in [-0.2, -0.15) is 0 Å². The van der Waals surface area contributed by atoms with Crippen molar-refractivity contribution in [2.45, 2.75) is 37.2 Å². The average molecular weight is 369 g/mol. The third-order valence-corrected chi connectivity index (χ3v) is 5.33. The number of para-hydroxylation sites is 2.